The molecule has 2 aromatic carbocycles. The first-order chi connectivity index (χ1) is 7.84. The molecule has 0 aliphatic rings. The molecule has 0 aliphatic heterocycles. The van der Waals surface area contributed by atoms with Crippen molar-refractivity contribution < 1.29 is 0 Å². The van der Waals surface area contributed by atoms with E-state index in [1.807, 2.05) is 30.3 Å². The molecule has 0 saturated carbocycles. The summed E-state index contributed by atoms with van der Waals surface area (Å²) < 4.78 is 0. The predicted octanol–water partition coefficient (Wildman–Crippen LogP) is 2.92. The van der Waals surface area contributed by atoms with Gasteiger partial charge in [0, 0.05) is 17.9 Å². The normalized spacial score (nSPS) is 10.0. The smallest absolute Gasteiger partial charge is 0.0340 e. The van der Waals surface area contributed by atoms with Gasteiger partial charge in [-0.15, -0.1) is 0 Å². The van der Waals surface area contributed by atoms with Crippen LogP contribution in [0.15, 0.2) is 54.6 Å². The predicted molar refractivity (Wildman–Crippen MR) is 69.5 cm³/mol. The number of nitrogens with one attached hydrogen (secondary N) is 1. The first-order valence-electron chi connectivity index (χ1n) is 5.48. The van der Waals surface area contributed by atoms with Crippen LogP contribution in [0.2, 0.25) is 0 Å². The third kappa shape index (κ3) is 3.02. The Bertz CT molecular complexity index is 420. The number of rotatable bonds is 4. The van der Waals surface area contributed by atoms with Crippen molar-refractivity contribution >= 4 is 11.4 Å². The monoisotopic (exact) mass is 212 g/mol. The quantitative estimate of drug-likeness (QED) is 0.765. The molecule has 2 aromatic rings. The molecule has 0 amide bonds. The van der Waals surface area contributed by atoms with Gasteiger partial charge in [0.15, 0.2) is 0 Å². The van der Waals surface area contributed by atoms with E-state index in [-0.39, 0.29) is 0 Å². The van der Waals surface area contributed by atoms with E-state index in [0.717, 1.165) is 24.3 Å². The molecule has 0 fully saturated rings. The second-order valence-corrected chi connectivity index (χ2v) is 3.78. The summed E-state index contributed by atoms with van der Waals surface area (Å²) >= 11 is 0. The van der Waals surface area contributed by atoms with Crippen molar-refractivity contribution in [2.24, 2.45) is 0 Å². The van der Waals surface area contributed by atoms with Gasteiger partial charge >= 0.3 is 0 Å². The molecule has 0 atom stereocenters. The fourth-order valence-corrected chi connectivity index (χ4v) is 1.59. The zero-order valence-electron chi connectivity index (χ0n) is 9.19. The van der Waals surface area contributed by atoms with E-state index < -0.39 is 0 Å². The fourth-order valence-electron chi connectivity index (χ4n) is 1.59. The van der Waals surface area contributed by atoms with Crippen molar-refractivity contribution in [3.8, 4) is 0 Å². The lowest BCUT2D eigenvalue weighted by atomic mass is 10.1. The second-order valence-electron chi connectivity index (χ2n) is 3.78. The lowest BCUT2D eigenvalue weighted by Crippen LogP contribution is -2.04. The highest BCUT2D eigenvalue weighted by molar-refractivity contribution is 5.43. The third-order valence-corrected chi connectivity index (χ3v) is 2.50. The Hall–Kier alpha value is -1.96. The number of nitrogen functional groups attached to an aromatic ring is 1. The molecule has 16 heavy (non-hydrogen) atoms. The van der Waals surface area contributed by atoms with Crippen molar-refractivity contribution in [1.29, 1.82) is 0 Å². The zero-order chi connectivity index (χ0) is 11.2. The van der Waals surface area contributed by atoms with E-state index in [2.05, 4.69) is 29.6 Å². The van der Waals surface area contributed by atoms with Crippen LogP contribution in [0, 0.1) is 0 Å². The highest BCUT2D eigenvalue weighted by Gasteiger charge is 1.93. The number of nitrogens with two attached hydrogens (primary N) is 1. The standard InChI is InChI=1S/C14H16N2/c15-13-8-6-12(7-9-13)10-11-16-14-4-2-1-3-5-14/h1-9,16H,10-11,15H2. The van der Waals surface area contributed by atoms with Crippen LogP contribution in [0.25, 0.3) is 0 Å². The van der Waals surface area contributed by atoms with Gasteiger partial charge in [0.05, 0.1) is 0 Å². The van der Waals surface area contributed by atoms with E-state index in [1.165, 1.54) is 5.56 Å². The Morgan fingerprint density at radius 3 is 2.25 bits per heavy atom. The van der Waals surface area contributed by atoms with Crippen LogP contribution in [0.3, 0.4) is 0 Å². The molecule has 2 heteroatoms. The first-order valence-corrected chi connectivity index (χ1v) is 5.48. The van der Waals surface area contributed by atoms with Gasteiger partial charge in [0.2, 0.25) is 0 Å². The Balaban J connectivity index is 1.82. The minimum atomic E-state index is 0.819. The first kappa shape index (κ1) is 10.6. The molecule has 0 heterocycles. The van der Waals surface area contributed by atoms with Gasteiger partial charge in [-0.05, 0) is 36.2 Å². The number of hydrogen-bond acceptors (Lipinski definition) is 2. The van der Waals surface area contributed by atoms with Crippen LogP contribution in [-0.4, -0.2) is 6.54 Å². The van der Waals surface area contributed by atoms with Crippen molar-refractivity contribution in [3.63, 3.8) is 0 Å². The molecular formula is C14H16N2. The van der Waals surface area contributed by atoms with Crippen molar-refractivity contribution in [2.75, 3.05) is 17.6 Å². The minimum absolute atomic E-state index is 0.819. The van der Waals surface area contributed by atoms with E-state index in [1.54, 1.807) is 0 Å². The summed E-state index contributed by atoms with van der Waals surface area (Å²) in [6.45, 7) is 0.938. The number of para-hydroxylation sites is 1. The van der Waals surface area contributed by atoms with Crippen molar-refractivity contribution in [1.82, 2.24) is 0 Å². The fraction of sp³-hybridized carbons (Fsp3) is 0.143. The molecule has 0 bridgehead atoms. The summed E-state index contributed by atoms with van der Waals surface area (Å²) in [7, 11) is 0. The summed E-state index contributed by atoms with van der Waals surface area (Å²) in [4.78, 5) is 0. The van der Waals surface area contributed by atoms with Crippen LogP contribution in [0.5, 0.6) is 0 Å². The topological polar surface area (TPSA) is 38.0 Å². The van der Waals surface area contributed by atoms with E-state index in [4.69, 9.17) is 5.73 Å². The van der Waals surface area contributed by atoms with Crippen LogP contribution in [0.1, 0.15) is 5.56 Å². The molecular weight excluding hydrogens is 196 g/mol. The van der Waals surface area contributed by atoms with Crippen LogP contribution in [-0.2, 0) is 6.42 Å². The highest BCUT2D eigenvalue weighted by Crippen LogP contribution is 2.08. The van der Waals surface area contributed by atoms with Gasteiger partial charge < -0.3 is 11.1 Å². The molecule has 0 aromatic heterocycles. The SMILES string of the molecule is Nc1ccc(CCNc2ccccc2)cc1. The lowest BCUT2D eigenvalue weighted by Gasteiger charge is -2.06. The Morgan fingerprint density at radius 2 is 1.56 bits per heavy atom. The van der Waals surface area contributed by atoms with Crippen LogP contribution in [0.4, 0.5) is 11.4 Å². The molecule has 0 unspecified atom stereocenters. The van der Waals surface area contributed by atoms with Gasteiger partial charge in [0.1, 0.15) is 0 Å². The molecule has 0 radical (unpaired) electrons. The maximum Gasteiger partial charge on any atom is 0.0340 e. The molecule has 0 aliphatic carbocycles. The summed E-state index contributed by atoms with van der Waals surface area (Å²) in [6, 6.07) is 18.3. The van der Waals surface area contributed by atoms with Crippen LogP contribution >= 0.6 is 0 Å². The molecule has 0 spiro atoms. The van der Waals surface area contributed by atoms with E-state index in [9.17, 15) is 0 Å². The Morgan fingerprint density at radius 1 is 0.875 bits per heavy atom. The Labute approximate surface area is 96.1 Å². The average molecular weight is 212 g/mol. The third-order valence-electron chi connectivity index (χ3n) is 2.50. The molecule has 82 valence electrons. The molecule has 0 saturated heterocycles. The summed E-state index contributed by atoms with van der Waals surface area (Å²) in [5.41, 5.74) is 8.92. The summed E-state index contributed by atoms with van der Waals surface area (Å²) in [5, 5.41) is 3.38. The molecule has 2 rings (SSSR count). The largest absolute Gasteiger partial charge is 0.399 e. The van der Waals surface area contributed by atoms with E-state index in [0.29, 0.717) is 0 Å². The number of benzene rings is 2. The van der Waals surface area contributed by atoms with Crippen molar-refractivity contribution in [2.45, 2.75) is 6.42 Å². The average Bonchev–Trinajstić information content (AvgIpc) is 2.33. The maximum absolute atomic E-state index is 5.63. The number of hydrogen-bond donors (Lipinski definition) is 2. The molecule has 2 nitrogen and oxygen atoms in total. The van der Waals surface area contributed by atoms with Gasteiger partial charge in [-0.25, -0.2) is 0 Å². The van der Waals surface area contributed by atoms with Crippen LogP contribution < -0.4 is 11.1 Å². The van der Waals surface area contributed by atoms with Gasteiger partial charge in [-0.1, -0.05) is 30.3 Å². The van der Waals surface area contributed by atoms with Gasteiger partial charge in [-0.3, -0.25) is 0 Å². The Kier molecular flexibility index (Phi) is 3.44. The summed E-state index contributed by atoms with van der Waals surface area (Å²) in [6.07, 6.45) is 1.01. The second kappa shape index (κ2) is 5.21. The molecule has 3 N–H and O–H groups in total. The minimum Gasteiger partial charge on any atom is -0.399 e. The lowest BCUT2D eigenvalue weighted by molar-refractivity contribution is 1.02. The van der Waals surface area contributed by atoms with E-state index >= 15 is 0 Å². The zero-order valence-corrected chi connectivity index (χ0v) is 9.19. The summed E-state index contributed by atoms with van der Waals surface area (Å²) in [5.74, 6) is 0. The van der Waals surface area contributed by atoms with Gasteiger partial charge in [-0.2, -0.15) is 0 Å². The number of anilines is 2. The van der Waals surface area contributed by atoms with Crippen molar-refractivity contribution in [3.05, 3.63) is 60.2 Å². The maximum atomic E-state index is 5.63. The highest BCUT2D eigenvalue weighted by atomic mass is 14.9. The van der Waals surface area contributed by atoms with Gasteiger partial charge in [0.25, 0.3) is 0 Å².